The third-order valence-corrected chi connectivity index (χ3v) is 2.69. The van der Waals surface area contributed by atoms with Crippen molar-refractivity contribution in [3.63, 3.8) is 0 Å². The van der Waals surface area contributed by atoms with Crippen molar-refractivity contribution in [3.8, 4) is 11.4 Å². The number of hydrogen-bond acceptors (Lipinski definition) is 4. The number of aryl methyl sites for hydroxylation is 1. The summed E-state index contributed by atoms with van der Waals surface area (Å²) in [6.07, 6.45) is 3.83. The summed E-state index contributed by atoms with van der Waals surface area (Å²) in [6.45, 7) is 1.07. The van der Waals surface area contributed by atoms with E-state index in [-0.39, 0.29) is 0 Å². The van der Waals surface area contributed by atoms with Crippen LogP contribution in [0, 0.1) is 0 Å². The van der Waals surface area contributed by atoms with Gasteiger partial charge in [-0.25, -0.2) is 0 Å². The van der Waals surface area contributed by atoms with Crippen molar-refractivity contribution in [2.45, 2.75) is 12.8 Å². The Morgan fingerprint density at radius 1 is 1.00 bits per heavy atom. The normalized spacial score (nSPS) is 10.8. The first-order valence-electron chi connectivity index (χ1n) is 6.14. The average molecular weight is 242 g/mol. The van der Waals surface area contributed by atoms with Crippen LogP contribution in [0.3, 0.4) is 0 Å². The fourth-order valence-corrected chi connectivity index (χ4v) is 1.72. The van der Waals surface area contributed by atoms with Crippen LogP contribution in [-0.4, -0.2) is 40.7 Å². The molecule has 2 heterocycles. The molecule has 0 fully saturated rings. The maximum atomic E-state index is 4.25. The SMILES string of the molecule is CN(C)CCCc1ccc(-c2ccccn2)nn1. The van der Waals surface area contributed by atoms with Gasteiger partial charge < -0.3 is 4.90 Å². The van der Waals surface area contributed by atoms with E-state index in [4.69, 9.17) is 0 Å². The molecule has 0 radical (unpaired) electrons. The van der Waals surface area contributed by atoms with Crippen molar-refractivity contribution in [1.82, 2.24) is 20.1 Å². The van der Waals surface area contributed by atoms with E-state index in [0.717, 1.165) is 36.5 Å². The summed E-state index contributed by atoms with van der Waals surface area (Å²) in [7, 11) is 4.16. The molecular formula is C14H18N4. The summed E-state index contributed by atoms with van der Waals surface area (Å²) >= 11 is 0. The first-order chi connectivity index (χ1) is 8.75. The molecule has 4 heteroatoms. The zero-order valence-corrected chi connectivity index (χ0v) is 10.9. The van der Waals surface area contributed by atoms with E-state index in [9.17, 15) is 0 Å². The highest BCUT2D eigenvalue weighted by molar-refractivity contribution is 5.52. The summed E-state index contributed by atoms with van der Waals surface area (Å²) in [4.78, 5) is 6.43. The van der Waals surface area contributed by atoms with E-state index in [1.165, 1.54) is 0 Å². The van der Waals surface area contributed by atoms with Gasteiger partial charge in [0.05, 0.1) is 11.4 Å². The van der Waals surface area contributed by atoms with E-state index >= 15 is 0 Å². The van der Waals surface area contributed by atoms with Gasteiger partial charge in [-0.1, -0.05) is 6.07 Å². The average Bonchev–Trinajstić information content (AvgIpc) is 2.40. The second-order valence-corrected chi connectivity index (χ2v) is 4.53. The Hall–Kier alpha value is -1.81. The molecule has 0 N–H and O–H groups in total. The Morgan fingerprint density at radius 2 is 1.89 bits per heavy atom. The van der Waals surface area contributed by atoms with E-state index in [1.807, 2.05) is 30.3 Å². The molecular weight excluding hydrogens is 224 g/mol. The van der Waals surface area contributed by atoms with Crippen LogP contribution in [0.25, 0.3) is 11.4 Å². The Bertz CT molecular complexity index is 465. The lowest BCUT2D eigenvalue weighted by atomic mass is 10.2. The highest BCUT2D eigenvalue weighted by Gasteiger charge is 2.02. The van der Waals surface area contributed by atoms with E-state index in [2.05, 4.69) is 34.2 Å². The van der Waals surface area contributed by atoms with Gasteiger partial charge in [-0.2, -0.15) is 5.10 Å². The van der Waals surface area contributed by atoms with Crippen LogP contribution in [0.2, 0.25) is 0 Å². The summed E-state index contributed by atoms with van der Waals surface area (Å²) in [5.41, 5.74) is 2.73. The van der Waals surface area contributed by atoms with Crippen molar-refractivity contribution in [2.75, 3.05) is 20.6 Å². The summed E-state index contributed by atoms with van der Waals surface area (Å²) < 4.78 is 0. The molecule has 2 aromatic heterocycles. The molecule has 0 atom stereocenters. The maximum absolute atomic E-state index is 4.25. The minimum atomic E-state index is 0.826. The molecule has 0 aliphatic heterocycles. The van der Waals surface area contributed by atoms with Gasteiger partial charge in [-0.05, 0) is 57.7 Å². The molecule has 0 aromatic carbocycles. The monoisotopic (exact) mass is 242 g/mol. The molecule has 0 saturated carbocycles. The summed E-state index contributed by atoms with van der Waals surface area (Å²) in [5, 5.41) is 8.46. The van der Waals surface area contributed by atoms with Crippen LogP contribution in [0.4, 0.5) is 0 Å². The number of hydrogen-bond donors (Lipinski definition) is 0. The predicted octanol–water partition coefficient (Wildman–Crippen LogP) is 2.03. The van der Waals surface area contributed by atoms with Gasteiger partial charge >= 0.3 is 0 Å². The summed E-state index contributed by atoms with van der Waals surface area (Å²) in [6, 6.07) is 9.81. The van der Waals surface area contributed by atoms with E-state index in [1.54, 1.807) is 6.20 Å². The molecule has 94 valence electrons. The molecule has 0 aliphatic rings. The molecule has 4 nitrogen and oxygen atoms in total. The lowest BCUT2D eigenvalue weighted by Gasteiger charge is -2.08. The topological polar surface area (TPSA) is 41.9 Å². The van der Waals surface area contributed by atoms with Crippen molar-refractivity contribution in [1.29, 1.82) is 0 Å². The lowest BCUT2D eigenvalue weighted by molar-refractivity contribution is 0.399. The first-order valence-corrected chi connectivity index (χ1v) is 6.14. The quantitative estimate of drug-likeness (QED) is 0.804. The molecule has 0 aliphatic carbocycles. The van der Waals surface area contributed by atoms with Crippen molar-refractivity contribution in [2.24, 2.45) is 0 Å². The van der Waals surface area contributed by atoms with Crippen molar-refractivity contribution >= 4 is 0 Å². The van der Waals surface area contributed by atoms with Crippen LogP contribution < -0.4 is 0 Å². The lowest BCUT2D eigenvalue weighted by Crippen LogP contribution is -2.13. The van der Waals surface area contributed by atoms with Gasteiger partial charge in [0.25, 0.3) is 0 Å². The maximum Gasteiger partial charge on any atom is 0.111 e. The highest BCUT2D eigenvalue weighted by atomic mass is 15.1. The Balaban J connectivity index is 1.98. The Morgan fingerprint density at radius 3 is 2.50 bits per heavy atom. The van der Waals surface area contributed by atoms with Crippen LogP contribution in [0.5, 0.6) is 0 Å². The number of pyridine rings is 1. The molecule has 2 rings (SSSR count). The van der Waals surface area contributed by atoms with Crippen LogP contribution in [-0.2, 0) is 6.42 Å². The molecule has 2 aromatic rings. The highest BCUT2D eigenvalue weighted by Crippen LogP contribution is 2.12. The molecule has 0 spiro atoms. The Labute approximate surface area is 108 Å². The largest absolute Gasteiger partial charge is 0.309 e. The minimum Gasteiger partial charge on any atom is -0.309 e. The standard InChI is InChI=1S/C14H18N4/c1-18(2)11-5-6-12-8-9-14(17-16-12)13-7-3-4-10-15-13/h3-4,7-10H,5-6,11H2,1-2H3. The van der Waals surface area contributed by atoms with Gasteiger partial charge in [0.2, 0.25) is 0 Å². The third kappa shape index (κ3) is 3.60. The second-order valence-electron chi connectivity index (χ2n) is 4.53. The third-order valence-electron chi connectivity index (χ3n) is 2.69. The molecule has 0 amide bonds. The van der Waals surface area contributed by atoms with Gasteiger partial charge in [0.15, 0.2) is 0 Å². The smallest absolute Gasteiger partial charge is 0.111 e. The van der Waals surface area contributed by atoms with Crippen LogP contribution in [0.1, 0.15) is 12.1 Å². The number of aromatic nitrogens is 3. The zero-order valence-electron chi connectivity index (χ0n) is 10.9. The van der Waals surface area contributed by atoms with Crippen molar-refractivity contribution in [3.05, 3.63) is 42.2 Å². The van der Waals surface area contributed by atoms with E-state index < -0.39 is 0 Å². The molecule has 18 heavy (non-hydrogen) atoms. The fraction of sp³-hybridized carbons (Fsp3) is 0.357. The zero-order chi connectivity index (χ0) is 12.8. The predicted molar refractivity (Wildman–Crippen MR) is 72.1 cm³/mol. The van der Waals surface area contributed by atoms with Crippen molar-refractivity contribution < 1.29 is 0 Å². The minimum absolute atomic E-state index is 0.826. The van der Waals surface area contributed by atoms with Crippen LogP contribution in [0.15, 0.2) is 36.5 Å². The van der Waals surface area contributed by atoms with Gasteiger partial charge in [0.1, 0.15) is 5.69 Å². The fourth-order valence-electron chi connectivity index (χ4n) is 1.72. The number of nitrogens with zero attached hydrogens (tertiary/aromatic N) is 4. The Kier molecular flexibility index (Phi) is 4.36. The number of rotatable bonds is 5. The second kappa shape index (κ2) is 6.21. The van der Waals surface area contributed by atoms with E-state index in [0.29, 0.717) is 0 Å². The van der Waals surface area contributed by atoms with Gasteiger partial charge in [0, 0.05) is 6.20 Å². The molecule has 0 saturated heterocycles. The first kappa shape index (κ1) is 12.6. The van der Waals surface area contributed by atoms with Gasteiger partial charge in [-0.15, -0.1) is 5.10 Å². The molecule has 0 bridgehead atoms. The van der Waals surface area contributed by atoms with Gasteiger partial charge in [-0.3, -0.25) is 4.98 Å². The molecule has 0 unspecified atom stereocenters. The van der Waals surface area contributed by atoms with Crippen LogP contribution >= 0.6 is 0 Å². The summed E-state index contributed by atoms with van der Waals surface area (Å²) in [5.74, 6) is 0.